The number of unbranched alkanes of at least 4 members (excludes halogenated alkanes) is 8. The quantitative estimate of drug-likeness (QED) is 0.219. The van der Waals surface area contributed by atoms with E-state index in [0.29, 0.717) is 6.42 Å². The summed E-state index contributed by atoms with van der Waals surface area (Å²) in [7, 11) is 0. The smallest absolute Gasteiger partial charge is 0.342 e. The van der Waals surface area contributed by atoms with Crippen LogP contribution in [0.2, 0.25) is 0 Å². The summed E-state index contributed by atoms with van der Waals surface area (Å²) in [5.74, 6) is -0.939. The molecule has 0 rings (SSSR count). The van der Waals surface area contributed by atoms with Gasteiger partial charge in [-0.3, -0.25) is 9.78 Å². The fourth-order valence-electron chi connectivity index (χ4n) is 2.24. The van der Waals surface area contributed by atoms with Crippen LogP contribution < -0.4 is 0 Å². The molecule has 0 aromatic rings. The second-order valence-corrected chi connectivity index (χ2v) is 6.42. The molecule has 154 valence electrons. The second-order valence-electron chi connectivity index (χ2n) is 6.42. The number of carbonyl (C=O) groups is 2. The Morgan fingerprint density at radius 1 is 0.769 bits per heavy atom. The van der Waals surface area contributed by atoms with Crippen molar-refractivity contribution in [2.24, 2.45) is 0 Å². The molecule has 0 saturated carbocycles. The summed E-state index contributed by atoms with van der Waals surface area (Å²) in [5.41, 5.74) is 0. The highest BCUT2D eigenvalue weighted by atomic mass is 17.2. The monoisotopic (exact) mass is 376 g/mol. The summed E-state index contributed by atoms with van der Waals surface area (Å²) in [6, 6.07) is 0. The lowest BCUT2D eigenvalue weighted by molar-refractivity contribution is -0.340. The van der Waals surface area contributed by atoms with E-state index in [4.69, 9.17) is 14.9 Å². The highest BCUT2D eigenvalue weighted by molar-refractivity contribution is 5.68. The zero-order valence-corrected chi connectivity index (χ0v) is 16.4. The molecule has 1 unspecified atom stereocenters. The lowest BCUT2D eigenvalue weighted by Gasteiger charge is -2.13. The SMILES string of the molecule is CCCCCCCC(=O)OOCC(CO)OOC(=O)CCCCCCC. The molecule has 0 aromatic heterocycles. The molecule has 1 atom stereocenters. The van der Waals surface area contributed by atoms with Crippen LogP contribution in [0.15, 0.2) is 0 Å². The van der Waals surface area contributed by atoms with Gasteiger partial charge in [0, 0.05) is 12.8 Å². The van der Waals surface area contributed by atoms with Gasteiger partial charge in [-0.2, -0.15) is 9.78 Å². The van der Waals surface area contributed by atoms with Crippen LogP contribution in [0.3, 0.4) is 0 Å². The van der Waals surface area contributed by atoms with Crippen molar-refractivity contribution in [1.29, 1.82) is 0 Å². The maximum absolute atomic E-state index is 11.5. The van der Waals surface area contributed by atoms with E-state index in [-0.39, 0.29) is 13.0 Å². The standard InChI is InChI=1S/C19H36O7/c1-3-5-7-9-11-13-18(21)25-23-16-17(15-20)24-26-19(22)14-12-10-8-6-4-2/h17,20H,3-16H2,1-2H3. The van der Waals surface area contributed by atoms with Crippen molar-refractivity contribution in [3.8, 4) is 0 Å². The van der Waals surface area contributed by atoms with Gasteiger partial charge in [-0.25, -0.2) is 9.59 Å². The Hall–Kier alpha value is -1.18. The number of rotatable bonds is 18. The van der Waals surface area contributed by atoms with Crippen molar-refractivity contribution in [1.82, 2.24) is 0 Å². The Bertz CT molecular complexity index is 347. The average molecular weight is 376 g/mol. The molecule has 0 aromatic carbocycles. The van der Waals surface area contributed by atoms with Gasteiger partial charge in [0.15, 0.2) is 6.10 Å². The maximum Gasteiger partial charge on any atom is 0.342 e. The molecule has 0 amide bonds. The summed E-state index contributed by atoms with van der Waals surface area (Å²) >= 11 is 0. The van der Waals surface area contributed by atoms with Gasteiger partial charge in [-0.15, -0.1) is 0 Å². The average Bonchev–Trinajstić information content (AvgIpc) is 2.64. The van der Waals surface area contributed by atoms with Crippen LogP contribution in [0.25, 0.3) is 0 Å². The van der Waals surface area contributed by atoms with Crippen LogP contribution in [0, 0.1) is 0 Å². The minimum atomic E-state index is -0.892. The summed E-state index contributed by atoms with van der Waals surface area (Å²) in [4.78, 5) is 41.8. The number of aliphatic hydroxyl groups excluding tert-OH is 1. The molecule has 7 heteroatoms. The van der Waals surface area contributed by atoms with E-state index < -0.39 is 24.6 Å². The van der Waals surface area contributed by atoms with E-state index in [1.807, 2.05) is 0 Å². The largest absolute Gasteiger partial charge is 0.393 e. The zero-order chi connectivity index (χ0) is 19.5. The topological polar surface area (TPSA) is 91.3 Å². The van der Waals surface area contributed by atoms with Crippen molar-refractivity contribution >= 4 is 11.9 Å². The molecule has 0 aliphatic carbocycles. The first kappa shape index (κ1) is 24.8. The van der Waals surface area contributed by atoms with Crippen molar-refractivity contribution < 1.29 is 34.2 Å². The molecular formula is C19H36O7. The first-order valence-electron chi connectivity index (χ1n) is 9.93. The predicted molar refractivity (Wildman–Crippen MR) is 96.8 cm³/mol. The number of aliphatic hydroxyl groups is 1. The molecule has 26 heavy (non-hydrogen) atoms. The van der Waals surface area contributed by atoms with Crippen molar-refractivity contribution in [3.05, 3.63) is 0 Å². The Balaban J connectivity index is 3.65. The lowest BCUT2D eigenvalue weighted by atomic mass is 10.1. The predicted octanol–water partition coefficient (Wildman–Crippen LogP) is 4.02. The molecule has 0 aliphatic rings. The minimum absolute atomic E-state index is 0.206. The van der Waals surface area contributed by atoms with Crippen molar-refractivity contribution in [3.63, 3.8) is 0 Å². The summed E-state index contributed by atoms with van der Waals surface area (Å²) < 4.78 is 0. The van der Waals surface area contributed by atoms with E-state index in [2.05, 4.69) is 23.6 Å². The van der Waals surface area contributed by atoms with Gasteiger partial charge in [-0.1, -0.05) is 65.2 Å². The van der Waals surface area contributed by atoms with Gasteiger partial charge < -0.3 is 5.11 Å². The first-order valence-corrected chi connectivity index (χ1v) is 9.93. The first-order chi connectivity index (χ1) is 12.6. The van der Waals surface area contributed by atoms with E-state index in [9.17, 15) is 9.59 Å². The van der Waals surface area contributed by atoms with Gasteiger partial charge in [0.2, 0.25) is 0 Å². The van der Waals surface area contributed by atoms with Crippen LogP contribution in [0.4, 0.5) is 0 Å². The molecule has 0 fully saturated rings. The third kappa shape index (κ3) is 16.3. The Morgan fingerprint density at radius 3 is 1.77 bits per heavy atom. The Morgan fingerprint density at radius 2 is 1.27 bits per heavy atom. The third-order valence-electron chi connectivity index (χ3n) is 3.86. The molecule has 0 saturated heterocycles. The Kier molecular flexibility index (Phi) is 17.8. The maximum atomic E-state index is 11.5. The van der Waals surface area contributed by atoms with Gasteiger partial charge >= 0.3 is 11.9 Å². The van der Waals surface area contributed by atoms with Crippen LogP contribution in [0.5, 0.6) is 0 Å². The van der Waals surface area contributed by atoms with E-state index in [0.717, 1.165) is 57.8 Å². The van der Waals surface area contributed by atoms with Crippen molar-refractivity contribution in [2.75, 3.05) is 13.2 Å². The molecule has 0 spiro atoms. The van der Waals surface area contributed by atoms with Crippen LogP contribution in [-0.2, 0) is 29.1 Å². The molecule has 0 heterocycles. The van der Waals surface area contributed by atoms with Crippen molar-refractivity contribution in [2.45, 2.75) is 97.0 Å². The number of carbonyl (C=O) groups excluding carboxylic acids is 2. The molecule has 0 radical (unpaired) electrons. The molecule has 0 aliphatic heterocycles. The highest BCUT2D eigenvalue weighted by Gasteiger charge is 2.15. The second kappa shape index (κ2) is 18.6. The fourth-order valence-corrected chi connectivity index (χ4v) is 2.24. The Labute approximate surface area is 157 Å². The van der Waals surface area contributed by atoms with Crippen LogP contribution >= 0.6 is 0 Å². The van der Waals surface area contributed by atoms with E-state index >= 15 is 0 Å². The molecule has 0 bridgehead atoms. The van der Waals surface area contributed by atoms with E-state index in [1.165, 1.54) is 6.42 Å². The van der Waals surface area contributed by atoms with Gasteiger partial charge in [0.1, 0.15) is 6.61 Å². The molecule has 7 nitrogen and oxygen atoms in total. The minimum Gasteiger partial charge on any atom is -0.393 e. The summed E-state index contributed by atoms with van der Waals surface area (Å²) in [5, 5.41) is 9.16. The van der Waals surface area contributed by atoms with Crippen LogP contribution in [-0.4, -0.2) is 36.4 Å². The fraction of sp³-hybridized carbons (Fsp3) is 0.895. The zero-order valence-electron chi connectivity index (χ0n) is 16.4. The summed E-state index contributed by atoms with van der Waals surface area (Å²) in [6.07, 6.45) is 9.98. The van der Waals surface area contributed by atoms with E-state index in [1.54, 1.807) is 0 Å². The highest BCUT2D eigenvalue weighted by Crippen LogP contribution is 2.07. The number of hydrogen-bond donors (Lipinski definition) is 1. The van der Waals surface area contributed by atoms with Gasteiger partial charge in [0.25, 0.3) is 0 Å². The lowest BCUT2D eigenvalue weighted by Crippen LogP contribution is -2.26. The molecular weight excluding hydrogens is 340 g/mol. The number of hydrogen-bond acceptors (Lipinski definition) is 7. The summed E-state index contributed by atoms with van der Waals surface area (Å²) in [6.45, 7) is 3.64. The van der Waals surface area contributed by atoms with Crippen LogP contribution in [0.1, 0.15) is 90.9 Å². The third-order valence-corrected chi connectivity index (χ3v) is 3.86. The normalized spacial score (nSPS) is 12.0. The molecule has 1 N–H and O–H groups in total. The van der Waals surface area contributed by atoms with Gasteiger partial charge in [0.05, 0.1) is 6.61 Å². The van der Waals surface area contributed by atoms with Gasteiger partial charge in [-0.05, 0) is 12.8 Å².